The highest BCUT2D eigenvalue weighted by Gasteiger charge is 2.15. The van der Waals surface area contributed by atoms with Crippen molar-refractivity contribution < 1.29 is 9.90 Å². The smallest absolute Gasteiger partial charge is 0.338 e. The molecule has 0 unspecified atom stereocenters. The van der Waals surface area contributed by atoms with Crippen LogP contribution in [0.15, 0.2) is 18.2 Å². The fourth-order valence-electron chi connectivity index (χ4n) is 1.98. The zero-order valence-electron chi connectivity index (χ0n) is 8.79. The van der Waals surface area contributed by atoms with Gasteiger partial charge in [0.1, 0.15) is 0 Å². The van der Waals surface area contributed by atoms with E-state index in [0.717, 1.165) is 28.6 Å². The van der Waals surface area contributed by atoms with Crippen LogP contribution in [0.4, 0.5) is 0 Å². The standard InChI is InChI=1S/C12H13NO2/c1-3-8-5-4-6-9-10(12(14)15)7(2)13-11(8)9/h4-6,13H,3H2,1-2H3,(H,14,15). The molecule has 3 nitrogen and oxygen atoms in total. The van der Waals surface area contributed by atoms with Gasteiger partial charge in [0.2, 0.25) is 0 Å². The highest BCUT2D eigenvalue weighted by atomic mass is 16.4. The number of aromatic carboxylic acids is 1. The van der Waals surface area contributed by atoms with E-state index in [1.54, 1.807) is 6.92 Å². The van der Waals surface area contributed by atoms with Gasteiger partial charge in [0.05, 0.1) is 5.56 Å². The van der Waals surface area contributed by atoms with Crippen LogP contribution in [0.25, 0.3) is 10.9 Å². The lowest BCUT2D eigenvalue weighted by Gasteiger charge is -1.98. The molecule has 0 fully saturated rings. The van der Waals surface area contributed by atoms with Crippen molar-refractivity contribution in [3.05, 3.63) is 35.0 Å². The van der Waals surface area contributed by atoms with Crippen LogP contribution in [0, 0.1) is 6.92 Å². The summed E-state index contributed by atoms with van der Waals surface area (Å²) in [5.41, 5.74) is 3.22. The minimum Gasteiger partial charge on any atom is -0.478 e. The Labute approximate surface area is 87.7 Å². The second kappa shape index (κ2) is 3.42. The highest BCUT2D eigenvalue weighted by molar-refractivity contribution is 6.05. The third-order valence-corrected chi connectivity index (χ3v) is 2.70. The number of carbonyl (C=O) groups is 1. The summed E-state index contributed by atoms with van der Waals surface area (Å²) in [6, 6.07) is 5.77. The van der Waals surface area contributed by atoms with Gasteiger partial charge in [0.25, 0.3) is 0 Å². The van der Waals surface area contributed by atoms with E-state index in [0.29, 0.717) is 5.56 Å². The van der Waals surface area contributed by atoms with Gasteiger partial charge < -0.3 is 10.1 Å². The van der Waals surface area contributed by atoms with E-state index in [1.165, 1.54) is 0 Å². The Morgan fingerprint density at radius 2 is 2.20 bits per heavy atom. The number of hydrogen-bond acceptors (Lipinski definition) is 1. The second-order valence-electron chi connectivity index (χ2n) is 3.62. The molecule has 0 aliphatic heterocycles. The average Bonchev–Trinajstić information content (AvgIpc) is 2.53. The van der Waals surface area contributed by atoms with E-state index < -0.39 is 5.97 Å². The maximum absolute atomic E-state index is 11.1. The van der Waals surface area contributed by atoms with E-state index in [4.69, 9.17) is 5.11 Å². The van der Waals surface area contributed by atoms with Crippen LogP contribution in [0.3, 0.4) is 0 Å². The number of aromatic amines is 1. The molecule has 0 spiro atoms. The first-order valence-corrected chi connectivity index (χ1v) is 4.98. The number of para-hydroxylation sites is 1. The number of rotatable bonds is 2. The van der Waals surface area contributed by atoms with E-state index in [-0.39, 0.29) is 0 Å². The summed E-state index contributed by atoms with van der Waals surface area (Å²) in [6.45, 7) is 3.86. The Morgan fingerprint density at radius 3 is 2.80 bits per heavy atom. The third kappa shape index (κ3) is 1.40. The van der Waals surface area contributed by atoms with Crippen LogP contribution in [0.5, 0.6) is 0 Å². The molecule has 0 bridgehead atoms. The summed E-state index contributed by atoms with van der Waals surface area (Å²) in [4.78, 5) is 14.2. The molecule has 0 saturated heterocycles. The number of H-pyrrole nitrogens is 1. The Balaban J connectivity index is 2.84. The van der Waals surface area contributed by atoms with Crippen molar-refractivity contribution in [2.75, 3.05) is 0 Å². The van der Waals surface area contributed by atoms with Crippen molar-refractivity contribution in [1.82, 2.24) is 4.98 Å². The van der Waals surface area contributed by atoms with Gasteiger partial charge in [0.15, 0.2) is 0 Å². The van der Waals surface area contributed by atoms with Crippen molar-refractivity contribution in [3.8, 4) is 0 Å². The van der Waals surface area contributed by atoms with Crippen LogP contribution in [-0.4, -0.2) is 16.1 Å². The molecular formula is C12H13NO2. The van der Waals surface area contributed by atoms with Gasteiger partial charge in [-0.2, -0.15) is 0 Å². The predicted molar refractivity (Wildman–Crippen MR) is 59.4 cm³/mol. The summed E-state index contributed by atoms with van der Waals surface area (Å²) >= 11 is 0. The fraction of sp³-hybridized carbons (Fsp3) is 0.250. The maximum Gasteiger partial charge on any atom is 0.338 e. The van der Waals surface area contributed by atoms with Crippen molar-refractivity contribution in [2.45, 2.75) is 20.3 Å². The van der Waals surface area contributed by atoms with Gasteiger partial charge in [0, 0.05) is 16.6 Å². The molecule has 0 aliphatic rings. The fourth-order valence-corrected chi connectivity index (χ4v) is 1.98. The summed E-state index contributed by atoms with van der Waals surface area (Å²) < 4.78 is 0. The van der Waals surface area contributed by atoms with Crippen LogP contribution in [0.2, 0.25) is 0 Å². The Morgan fingerprint density at radius 1 is 1.47 bits per heavy atom. The summed E-state index contributed by atoms with van der Waals surface area (Å²) in [7, 11) is 0. The predicted octanol–water partition coefficient (Wildman–Crippen LogP) is 2.74. The van der Waals surface area contributed by atoms with Gasteiger partial charge >= 0.3 is 5.97 Å². The van der Waals surface area contributed by atoms with Gasteiger partial charge in [-0.3, -0.25) is 0 Å². The zero-order chi connectivity index (χ0) is 11.0. The highest BCUT2D eigenvalue weighted by Crippen LogP contribution is 2.25. The number of hydrogen-bond donors (Lipinski definition) is 2. The summed E-state index contributed by atoms with van der Waals surface area (Å²) in [5.74, 6) is -0.869. The largest absolute Gasteiger partial charge is 0.478 e. The molecule has 0 saturated carbocycles. The second-order valence-corrected chi connectivity index (χ2v) is 3.62. The molecule has 1 aromatic heterocycles. The molecule has 0 aliphatic carbocycles. The molecule has 1 aromatic carbocycles. The van der Waals surface area contributed by atoms with Crippen molar-refractivity contribution in [3.63, 3.8) is 0 Å². The molecule has 15 heavy (non-hydrogen) atoms. The monoisotopic (exact) mass is 203 g/mol. The van der Waals surface area contributed by atoms with E-state index >= 15 is 0 Å². The van der Waals surface area contributed by atoms with Crippen LogP contribution in [0.1, 0.15) is 28.5 Å². The normalized spacial score (nSPS) is 10.8. The lowest BCUT2D eigenvalue weighted by Crippen LogP contribution is -1.96. The lowest BCUT2D eigenvalue weighted by atomic mass is 10.1. The van der Waals surface area contributed by atoms with E-state index in [9.17, 15) is 4.79 Å². The molecule has 0 amide bonds. The Hall–Kier alpha value is -1.77. The number of nitrogens with one attached hydrogen (secondary N) is 1. The molecule has 1 heterocycles. The first-order valence-electron chi connectivity index (χ1n) is 4.98. The number of aryl methyl sites for hydroxylation is 2. The Bertz CT molecular complexity index is 526. The first kappa shape index (κ1) is 9.77. The van der Waals surface area contributed by atoms with Crippen LogP contribution < -0.4 is 0 Å². The molecule has 0 radical (unpaired) electrons. The van der Waals surface area contributed by atoms with Gasteiger partial charge in [-0.25, -0.2) is 4.79 Å². The molecular weight excluding hydrogens is 190 g/mol. The van der Waals surface area contributed by atoms with Gasteiger partial charge in [-0.05, 0) is 18.9 Å². The number of carboxylic acid groups (broad SMARTS) is 1. The minimum atomic E-state index is -0.869. The lowest BCUT2D eigenvalue weighted by molar-refractivity contribution is 0.0698. The third-order valence-electron chi connectivity index (χ3n) is 2.70. The first-order chi connectivity index (χ1) is 7.15. The van der Waals surface area contributed by atoms with Crippen molar-refractivity contribution in [2.24, 2.45) is 0 Å². The van der Waals surface area contributed by atoms with E-state index in [1.807, 2.05) is 18.2 Å². The molecule has 2 N–H and O–H groups in total. The topological polar surface area (TPSA) is 53.1 Å². The van der Waals surface area contributed by atoms with Gasteiger partial charge in [-0.15, -0.1) is 0 Å². The van der Waals surface area contributed by atoms with Gasteiger partial charge in [-0.1, -0.05) is 25.1 Å². The molecule has 2 rings (SSSR count). The SMILES string of the molecule is CCc1cccc2c(C(=O)O)c(C)[nH]c12. The van der Waals surface area contributed by atoms with Crippen molar-refractivity contribution in [1.29, 1.82) is 0 Å². The number of fused-ring (bicyclic) bond motifs is 1. The quantitative estimate of drug-likeness (QED) is 0.788. The number of aromatic nitrogens is 1. The number of carboxylic acids is 1. The summed E-state index contributed by atoms with van der Waals surface area (Å²) in [6.07, 6.45) is 0.899. The number of benzene rings is 1. The van der Waals surface area contributed by atoms with Crippen LogP contribution >= 0.6 is 0 Å². The molecule has 78 valence electrons. The maximum atomic E-state index is 11.1. The average molecular weight is 203 g/mol. The molecule has 2 aromatic rings. The van der Waals surface area contributed by atoms with Crippen LogP contribution in [-0.2, 0) is 6.42 Å². The summed E-state index contributed by atoms with van der Waals surface area (Å²) in [5, 5.41) is 9.90. The Kier molecular flexibility index (Phi) is 2.23. The van der Waals surface area contributed by atoms with Crippen molar-refractivity contribution >= 4 is 16.9 Å². The molecule has 3 heteroatoms. The zero-order valence-corrected chi connectivity index (χ0v) is 8.79. The van der Waals surface area contributed by atoms with E-state index in [2.05, 4.69) is 11.9 Å². The minimum absolute atomic E-state index is 0.389. The molecule has 0 atom stereocenters.